The topological polar surface area (TPSA) is 35.2 Å². The van der Waals surface area contributed by atoms with Crippen molar-refractivity contribution in [2.75, 3.05) is 6.61 Å². The van der Waals surface area contributed by atoms with Gasteiger partial charge >= 0.3 is 0 Å². The highest BCUT2D eigenvalue weighted by Crippen LogP contribution is 2.07. The Bertz CT molecular complexity index is 346. The molecule has 0 radical (unpaired) electrons. The third-order valence-electron chi connectivity index (χ3n) is 2.58. The molecule has 0 atom stereocenters. The lowest BCUT2D eigenvalue weighted by atomic mass is 10.1. The fourth-order valence-electron chi connectivity index (χ4n) is 1.55. The second kappa shape index (κ2) is 7.41. The number of thiocarbonyl (C=S) groups is 1. The maximum Gasteiger partial charge on any atom is 0.103 e. The maximum atomic E-state index is 5.61. The zero-order valence-electron chi connectivity index (χ0n) is 10.6. The molecule has 0 aliphatic rings. The van der Waals surface area contributed by atoms with E-state index in [2.05, 4.69) is 13.8 Å². The van der Waals surface area contributed by atoms with Gasteiger partial charge in [0.15, 0.2) is 0 Å². The molecule has 1 aromatic rings. The van der Waals surface area contributed by atoms with Gasteiger partial charge in [-0.2, -0.15) is 0 Å². The quantitative estimate of drug-likeness (QED) is 0.596. The summed E-state index contributed by atoms with van der Waals surface area (Å²) in [6.45, 7) is 5.95. The van der Waals surface area contributed by atoms with E-state index in [-0.39, 0.29) is 0 Å². The van der Waals surface area contributed by atoms with Crippen LogP contribution in [0.3, 0.4) is 0 Å². The number of hydrogen-bond acceptors (Lipinski definition) is 2. The van der Waals surface area contributed by atoms with Crippen molar-refractivity contribution in [2.24, 2.45) is 11.7 Å². The molecule has 94 valence electrons. The van der Waals surface area contributed by atoms with Crippen LogP contribution >= 0.6 is 12.2 Å². The first kappa shape index (κ1) is 14.1. The second-order valence-electron chi connectivity index (χ2n) is 4.65. The normalized spacial score (nSPS) is 10.8. The Morgan fingerprint density at radius 3 is 2.47 bits per heavy atom. The zero-order valence-corrected chi connectivity index (χ0v) is 11.4. The lowest BCUT2D eigenvalue weighted by Crippen LogP contribution is -2.09. The molecule has 2 N–H and O–H groups in total. The van der Waals surface area contributed by atoms with Crippen molar-refractivity contribution in [3.05, 3.63) is 35.4 Å². The lowest BCUT2D eigenvalue weighted by Gasteiger charge is -2.06. The predicted molar refractivity (Wildman–Crippen MR) is 76.1 cm³/mol. The monoisotopic (exact) mass is 251 g/mol. The Balaban J connectivity index is 2.25. The molecule has 3 heteroatoms. The minimum absolute atomic E-state index is 0.439. The summed E-state index contributed by atoms with van der Waals surface area (Å²) < 4.78 is 5.61. The SMILES string of the molecule is CC(C)CCCOCc1ccc(C(N)=S)cc1. The van der Waals surface area contributed by atoms with Crippen LogP contribution < -0.4 is 5.73 Å². The molecular formula is C14H21NOS. The molecule has 2 nitrogen and oxygen atoms in total. The number of nitrogens with two attached hydrogens (primary N) is 1. The fraction of sp³-hybridized carbons (Fsp3) is 0.500. The van der Waals surface area contributed by atoms with Crippen LogP contribution in [-0.2, 0) is 11.3 Å². The third kappa shape index (κ3) is 5.80. The summed E-state index contributed by atoms with van der Waals surface area (Å²) in [4.78, 5) is 0.439. The van der Waals surface area contributed by atoms with Crippen molar-refractivity contribution in [1.29, 1.82) is 0 Å². The summed E-state index contributed by atoms with van der Waals surface area (Å²) in [7, 11) is 0. The van der Waals surface area contributed by atoms with Crippen molar-refractivity contribution in [1.82, 2.24) is 0 Å². The molecule has 17 heavy (non-hydrogen) atoms. The van der Waals surface area contributed by atoms with Gasteiger partial charge in [0.05, 0.1) is 6.61 Å². The van der Waals surface area contributed by atoms with Crippen molar-refractivity contribution in [3.8, 4) is 0 Å². The van der Waals surface area contributed by atoms with Gasteiger partial charge in [-0.25, -0.2) is 0 Å². The first-order valence-electron chi connectivity index (χ1n) is 6.06. The highest BCUT2D eigenvalue weighted by Gasteiger charge is 1.98. The zero-order chi connectivity index (χ0) is 12.7. The average molecular weight is 251 g/mol. The molecule has 0 fully saturated rings. The fourth-order valence-corrected chi connectivity index (χ4v) is 1.68. The molecule has 0 bridgehead atoms. The van der Waals surface area contributed by atoms with E-state index in [0.29, 0.717) is 11.6 Å². The second-order valence-corrected chi connectivity index (χ2v) is 5.09. The van der Waals surface area contributed by atoms with E-state index in [1.807, 2.05) is 24.3 Å². The minimum Gasteiger partial charge on any atom is -0.389 e. The van der Waals surface area contributed by atoms with Crippen LogP contribution in [-0.4, -0.2) is 11.6 Å². The van der Waals surface area contributed by atoms with Crippen LogP contribution in [0.2, 0.25) is 0 Å². The Hall–Kier alpha value is -0.930. The van der Waals surface area contributed by atoms with Crippen LogP contribution in [0.1, 0.15) is 37.8 Å². The molecular weight excluding hydrogens is 230 g/mol. The summed E-state index contributed by atoms with van der Waals surface area (Å²) in [5.74, 6) is 0.753. The molecule has 0 amide bonds. The van der Waals surface area contributed by atoms with Crippen molar-refractivity contribution in [2.45, 2.75) is 33.3 Å². The summed E-state index contributed by atoms with van der Waals surface area (Å²) in [6, 6.07) is 7.90. The van der Waals surface area contributed by atoms with E-state index in [1.165, 1.54) is 6.42 Å². The van der Waals surface area contributed by atoms with E-state index < -0.39 is 0 Å². The minimum atomic E-state index is 0.439. The van der Waals surface area contributed by atoms with Crippen LogP contribution in [0.15, 0.2) is 24.3 Å². The molecule has 0 aromatic heterocycles. The number of rotatable bonds is 7. The van der Waals surface area contributed by atoms with Crippen molar-refractivity contribution >= 4 is 17.2 Å². The molecule has 0 spiro atoms. The molecule has 0 heterocycles. The molecule has 0 unspecified atom stereocenters. The summed E-state index contributed by atoms with van der Waals surface area (Å²) in [5, 5.41) is 0. The van der Waals surface area contributed by atoms with E-state index >= 15 is 0 Å². The number of benzene rings is 1. The summed E-state index contributed by atoms with van der Waals surface area (Å²) in [5.41, 5.74) is 7.60. The smallest absolute Gasteiger partial charge is 0.103 e. The van der Waals surface area contributed by atoms with Gasteiger partial charge in [0.1, 0.15) is 4.99 Å². The Morgan fingerprint density at radius 2 is 1.94 bits per heavy atom. The van der Waals surface area contributed by atoms with Gasteiger partial charge in [0.25, 0.3) is 0 Å². The molecule has 1 rings (SSSR count). The van der Waals surface area contributed by atoms with Crippen molar-refractivity contribution in [3.63, 3.8) is 0 Å². The Kier molecular flexibility index (Phi) is 6.16. The summed E-state index contributed by atoms with van der Waals surface area (Å²) in [6.07, 6.45) is 2.35. The molecule has 0 aliphatic heterocycles. The third-order valence-corrected chi connectivity index (χ3v) is 2.81. The largest absolute Gasteiger partial charge is 0.389 e. The van der Waals surface area contributed by atoms with Crippen LogP contribution in [0.25, 0.3) is 0 Å². The Morgan fingerprint density at radius 1 is 1.29 bits per heavy atom. The predicted octanol–water partition coefficient (Wildman–Crippen LogP) is 3.27. The average Bonchev–Trinajstić information content (AvgIpc) is 2.29. The van der Waals surface area contributed by atoms with Gasteiger partial charge in [0, 0.05) is 12.2 Å². The first-order chi connectivity index (χ1) is 8.09. The highest BCUT2D eigenvalue weighted by molar-refractivity contribution is 7.80. The van der Waals surface area contributed by atoms with Gasteiger partial charge in [-0.15, -0.1) is 0 Å². The number of ether oxygens (including phenoxy) is 1. The van der Waals surface area contributed by atoms with E-state index in [1.54, 1.807) is 0 Å². The lowest BCUT2D eigenvalue weighted by molar-refractivity contribution is 0.115. The first-order valence-corrected chi connectivity index (χ1v) is 6.47. The van der Waals surface area contributed by atoms with Gasteiger partial charge in [-0.1, -0.05) is 50.3 Å². The van der Waals surface area contributed by atoms with Gasteiger partial charge < -0.3 is 10.5 Å². The van der Waals surface area contributed by atoms with E-state index in [9.17, 15) is 0 Å². The van der Waals surface area contributed by atoms with Crippen LogP contribution in [0.4, 0.5) is 0 Å². The molecule has 0 saturated carbocycles. The van der Waals surface area contributed by atoms with Gasteiger partial charge in [-0.05, 0) is 24.3 Å². The molecule has 0 aliphatic carbocycles. The molecule has 0 saturated heterocycles. The van der Waals surface area contributed by atoms with Gasteiger partial charge in [0.2, 0.25) is 0 Å². The van der Waals surface area contributed by atoms with Gasteiger partial charge in [-0.3, -0.25) is 0 Å². The van der Waals surface area contributed by atoms with E-state index in [0.717, 1.165) is 30.1 Å². The van der Waals surface area contributed by atoms with Crippen LogP contribution in [0.5, 0.6) is 0 Å². The highest BCUT2D eigenvalue weighted by atomic mass is 32.1. The standard InChI is InChI=1S/C14H21NOS/c1-11(2)4-3-9-16-10-12-5-7-13(8-6-12)14(15)17/h5-8,11H,3-4,9-10H2,1-2H3,(H2,15,17). The van der Waals surface area contributed by atoms with Crippen molar-refractivity contribution < 1.29 is 4.74 Å². The summed E-state index contributed by atoms with van der Waals surface area (Å²) >= 11 is 4.90. The maximum absolute atomic E-state index is 5.61. The Labute approximate surface area is 109 Å². The molecule has 1 aromatic carbocycles. The number of hydrogen-bond donors (Lipinski definition) is 1. The van der Waals surface area contributed by atoms with Crippen LogP contribution in [0, 0.1) is 5.92 Å². The van der Waals surface area contributed by atoms with E-state index in [4.69, 9.17) is 22.7 Å².